The van der Waals surface area contributed by atoms with Crippen LogP contribution in [0.25, 0.3) is 0 Å². The second kappa shape index (κ2) is 10.5. The number of rotatable bonds is 7. The number of amides is 1. The summed E-state index contributed by atoms with van der Waals surface area (Å²) in [4.78, 5) is 18.2. The zero-order chi connectivity index (χ0) is 15.5. The third-order valence-corrected chi connectivity index (χ3v) is 3.96. The maximum absolute atomic E-state index is 12.1. The molecule has 0 aromatic heterocycles. The molecule has 1 fully saturated rings. The highest BCUT2D eigenvalue weighted by atomic mass is 16.2. The number of nitrogens with zero attached hydrogens (tertiary/aromatic N) is 2. The number of hydrogen-bond acceptors (Lipinski definition) is 2. The van der Waals surface area contributed by atoms with Crippen LogP contribution in [0, 0.1) is 0 Å². The Labute approximate surface area is 129 Å². The van der Waals surface area contributed by atoms with Crippen molar-refractivity contribution in [2.45, 2.75) is 64.8 Å². The highest BCUT2D eigenvalue weighted by Gasteiger charge is 2.16. The largest absolute Gasteiger partial charge is 0.354 e. The Bertz CT molecular complexity index is 324. The number of hydrogen-bond donors (Lipinski definition) is 2. The number of aliphatic imine (C=N–C) groups is 1. The number of likely N-dealkylation sites (tertiary alicyclic amines) is 1. The van der Waals surface area contributed by atoms with Gasteiger partial charge in [-0.05, 0) is 32.6 Å². The lowest BCUT2D eigenvalue weighted by Gasteiger charge is -2.27. The van der Waals surface area contributed by atoms with Gasteiger partial charge in [-0.3, -0.25) is 9.79 Å². The summed E-state index contributed by atoms with van der Waals surface area (Å²) in [6.07, 6.45) is 8.38. The SMILES string of the molecule is CCCCCC(C)NC(=NC)NCC(=O)N1CCCCC1. The molecule has 0 aromatic rings. The van der Waals surface area contributed by atoms with Crippen LogP contribution in [0.3, 0.4) is 0 Å². The number of carbonyl (C=O) groups excluding carboxylic acids is 1. The molecule has 0 aliphatic carbocycles. The van der Waals surface area contributed by atoms with Gasteiger partial charge in [0, 0.05) is 26.2 Å². The monoisotopic (exact) mass is 296 g/mol. The molecule has 21 heavy (non-hydrogen) atoms. The third-order valence-electron chi connectivity index (χ3n) is 3.96. The predicted molar refractivity (Wildman–Crippen MR) is 88.5 cm³/mol. The molecule has 1 saturated heterocycles. The fourth-order valence-corrected chi connectivity index (χ4v) is 2.62. The van der Waals surface area contributed by atoms with Crippen molar-refractivity contribution in [3.63, 3.8) is 0 Å². The molecular formula is C16H32N4O. The normalized spacial score (nSPS) is 17.5. The number of guanidine groups is 1. The second-order valence-electron chi connectivity index (χ2n) is 5.91. The maximum Gasteiger partial charge on any atom is 0.241 e. The minimum atomic E-state index is 0.177. The summed E-state index contributed by atoms with van der Waals surface area (Å²) in [6.45, 7) is 6.51. The summed E-state index contributed by atoms with van der Waals surface area (Å²) in [5, 5.41) is 6.49. The Morgan fingerprint density at radius 3 is 2.57 bits per heavy atom. The van der Waals surface area contributed by atoms with Gasteiger partial charge in [0.05, 0.1) is 6.54 Å². The number of piperidine rings is 1. The van der Waals surface area contributed by atoms with Gasteiger partial charge >= 0.3 is 0 Å². The molecule has 122 valence electrons. The number of unbranched alkanes of at least 4 members (excludes halogenated alkanes) is 2. The van der Waals surface area contributed by atoms with Crippen LogP contribution < -0.4 is 10.6 Å². The smallest absolute Gasteiger partial charge is 0.241 e. The van der Waals surface area contributed by atoms with Crippen LogP contribution in [0.5, 0.6) is 0 Å². The molecule has 1 rings (SSSR count). The molecule has 1 heterocycles. The van der Waals surface area contributed by atoms with E-state index >= 15 is 0 Å². The van der Waals surface area contributed by atoms with Crippen molar-refractivity contribution >= 4 is 11.9 Å². The van der Waals surface area contributed by atoms with Crippen LogP contribution in [0.15, 0.2) is 4.99 Å². The van der Waals surface area contributed by atoms with Crippen LogP contribution >= 0.6 is 0 Å². The van der Waals surface area contributed by atoms with Crippen molar-refractivity contribution < 1.29 is 4.79 Å². The average Bonchev–Trinajstić information content (AvgIpc) is 2.52. The van der Waals surface area contributed by atoms with Crippen molar-refractivity contribution in [2.75, 3.05) is 26.7 Å². The van der Waals surface area contributed by atoms with Crippen molar-refractivity contribution in [1.29, 1.82) is 0 Å². The zero-order valence-electron chi connectivity index (χ0n) is 14.0. The summed E-state index contributed by atoms with van der Waals surface area (Å²) in [5.41, 5.74) is 0. The van der Waals surface area contributed by atoms with E-state index in [1.54, 1.807) is 7.05 Å². The maximum atomic E-state index is 12.1. The van der Waals surface area contributed by atoms with E-state index in [0.717, 1.165) is 38.3 Å². The Morgan fingerprint density at radius 1 is 1.24 bits per heavy atom. The molecular weight excluding hydrogens is 264 g/mol. The fourth-order valence-electron chi connectivity index (χ4n) is 2.62. The van der Waals surface area contributed by atoms with Gasteiger partial charge < -0.3 is 15.5 Å². The average molecular weight is 296 g/mol. The van der Waals surface area contributed by atoms with Crippen LogP contribution in [-0.2, 0) is 4.79 Å². The summed E-state index contributed by atoms with van der Waals surface area (Å²) in [7, 11) is 1.75. The molecule has 1 unspecified atom stereocenters. The first kappa shape index (κ1) is 17.8. The fraction of sp³-hybridized carbons (Fsp3) is 0.875. The van der Waals surface area contributed by atoms with Gasteiger partial charge in [-0.25, -0.2) is 0 Å². The van der Waals surface area contributed by atoms with Crippen molar-refractivity contribution in [1.82, 2.24) is 15.5 Å². The molecule has 1 amide bonds. The Hall–Kier alpha value is -1.26. The molecule has 0 saturated carbocycles. The van der Waals surface area contributed by atoms with Crippen molar-refractivity contribution in [2.24, 2.45) is 4.99 Å². The zero-order valence-corrected chi connectivity index (χ0v) is 14.0. The summed E-state index contributed by atoms with van der Waals surface area (Å²) in [5.74, 6) is 0.903. The predicted octanol–water partition coefficient (Wildman–Crippen LogP) is 2.13. The Kier molecular flexibility index (Phi) is 8.87. The minimum absolute atomic E-state index is 0.177. The van der Waals surface area contributed by atoms with Crippen LogP contribution in [0.2, 0.25) is 0 Å². The van der Waals surface area contributed by atoms with E-state index in [4.69, 9.17) is 0 Å². The lowest BCUT2D eigenvalue weighted by atomic mass is 10.1. The molecule has 1 aliphatic rings. The molecule has 1 atom stereocenters. The topological polar surface area (TPSA) is 56.7 Å². The van der Waals surface area contributed by atoms with Crippen LogP contribution in [0.1, 0.15) is 58.8 Å². The molecule has 5 heteroatoms. The van der Waals surface area contributed by atoms with Gasteiger partial charge in [0.15, 0.2) is 5.96 Å². The first-order valence-corrected chi connectivity index (χ1v) is 8.42. The van der Waals surface area contributed by atoms with E-state index in [2.05, 4.69) is 29.5 Å². The molecule has 0 spiro atoms. The second-order valence-corrected chi connectivity index (χ2v) is 5.91. The van der Waals surface area contributed by atoms with Crippen LogP contribution in [-0.4, -0.2) is 49.5 Å². The standard InChI is InChI=1S/C16H32N4O/c1-4-5-7-10-14(2)19-16(17-3)18-13-15(21)20-11-8-6-9-12-20/h14H,4-13H2,1-3H3,(H2,17,18,19). The van der Waals surface area contributed by atoms with Gasteiger partial charge in [-0.2, -0.15) is 0 Å². The third kappa shape index (κ3) is 7.34. The molecule has 0 bridgehead atoms. The summed E-state index contributed by atoms with van der Waals surface area (Å²) >= 11 is 0. The van der Waals surface area contributed by atoms with E-state index in [1.807, 2.05) is 4.90 Å². The van der Waals surface area contributed by atoms with Gasteiger partial charge in [0.2, 0.25) is 5.91 Å². The number of carbonyl (C=O) groups is 1. The first-order valence-electron chi connectivity index (χ1n) is 8.42. The van der Waals surface area contributed by atoms with Gasteiger partial charge in [-0.15, -0.1) is 0 Å². The lowest BCUT2D eigenvalue weighted by molar-refractivity contribution is -0.130. The highest BCUT2D eigenvalue weighted by molar-refractivity contribution is 5.86. The first-order chi connectivity index (χ1) is 10.2. The Balaban J connectivity index is 2.25. The summed E-state index contributed by atoms with van der Waals surface area (Å²) in [6, 6.07) is 0.382. The quantitative estimate of drug-likeness (QED) is 0.430. The van der Waals surface area contributed by atoms with Crippen molar-refractivity contribution in [3.05, 3.63) is 0 Å². The summed E-state index contributed by atoms with van der Waals surface area (Å²) < 4.78 is 0. The van der Waals surface area contributed by atoms with Crippen molar-refractivity contribution in [3.8, 4) is 0 Å². The molecule has 0 radical (unpaired) electrons. The number of nitrogens with one attached hydrogen (secondary N) is 2. The highest BCUT2D eigenvalue weighted by Crippen LogP contribution is 2.08. The van der Waals surface area contributed by atoms with E-state index < -0.39 is 0 Å². The van der Waals surface area contributed by atoms with E-state index in [-0.39, 0.29) is 5.91 Å². The van der Waals surface area contributed by atoms with E-state index in [1.165, 1.54) is 25.7 Å². The van der Waals surface area contributed by atoms with Gasteiger partial charge in [0.1, 0.15) is 0 Å². The molecule has 1 aliphatic heterocycles. The molecule has 0 aromatic carbocycles. The molecule has 5 nitrogen and oxygen atoms in total. The van der Waals surface area contributed by atoms with E-state index in [0.29, 0.717) is 12.6 Å². The Morgan fingerprint density at radius 2 is 1.95 bits per heavy atom. The minimum Gasteiger partial charge on any atom is -0.354 e. The van der Waals surface area contributed by atoms with Gasteiger partial charge in [-0.1, -0.05) is 26.2 Å². The van der Waals surface area contributed by atoms with Gasteiger partial charge in [0.25, 0.3) is 0 Å². The lowest BCUT2D eigenvalue weighted by Crippen LogP contribution is -2.47. The van der Waals surface area contributed by atoms with E-state index in [9.17, 15) is 4.79 Å². The van der Waals surface area contributed by atoms with Crippen LogP contribution in [0.4, 0.5) is 0 Å². The molecule has 2 N–H and O–H groups in total.